The minimum Gasteiger partial charge on any atom is -0.497 e. The molecule has 0 atom stereocenters. The molecule has 24 heavy (non-hydrogen) atoms. The molecule has 0 bridgehead atoms. The van der Waals surface area contributed by atoms with Gasteiger partial charge in [-0.25, -0.2) is 4.79 Å². The van der Waals surface area contributed by atoms with Gasteiger partial charge in [-0.3, -0.25) is 0 Å². The molecule has 5 heteroatoms. The molecule has 0 radical (unpaired) electrons. The highest BCUT2D eigenvalue weighted by Crippen LogP contribution is 2.22. The molecule has 0 aliphatic heterocycles. The highest BCUT2D eigenvalue weighted by molar-refractivity contribution is 6.04. The van der Waals surface area contributed by atoms with E-state index < -0.39 is 0 Å². The van der Waals surface area contributed by atoms with Crippen molar-refractivity contribution in [1.29, 1.82) is 0 Å². The average Bonchev–Trinajstić information content (AvgIpc) is 3.01. The summed E-state index contributed by atoms with van der Waals surface area (Å²) in [6, 6.07) is 15.2. The Morgan fingerprint density at radius 3 is 2.42 bits per heavy atom. The zero-order valence-electron chi connectivity index (χ0n) is 13.7. The van der Waals surface area contributed by atoms with Gasteiger partial charge in [0.2, 0.25) is 0 Å². The van der Waals surface area contributed by atoms with Crippen LogP contribution in [0.1, 0.15) is 10.4 Å². The normalized spacial score (nSPS) is 10.6. The van der Waals surface area contributed by atoms with Gasteiger partial charge >= 0.3 is 5.97 Å². The van der Waals surface area contributed by atoms with Gasteiger partial charge in [-0.05, 0) is 30.3 Å². The number of esters is 1. The predicted octanol–water partition coefficient (Wildman–Crippen LogP) is 3.52. The van der Waals surface area contributed by atoms with Crippen molar-refractivity contribution in [2.75, 3.05) is 20.8 Å². The zero-order chi connectivity index (χ0) is 16.9. The van der Waals surface area contributed by atoms with Gasteiger partial charge in [0.05, 0.1) is 26.3 Å². The van der Waals surface area contributed by atoms with Crippen LogP contribution >= 0.6 is 0 Å². The van der Waals surface area contributed by atoms with Crippen LogP contribution in [0.2, 0.25) is 0 Å². The second-order valence-electron chi connectivity index (χ2n) is 5.27. The molecule has 3 aromatic rings. The second-order valence-corrected chi connectivity index (χ2v) is 5.27. The summed E-state index contributed by atoms with van der Waals surface area (Å²) >= 11 is 0. The van der Waals surface area contributed by atoms with Crippen LogP contribution in [-0.2, 0) is 11.3 Å². The number of nitrogens with zero attached hydrogens (tertiary/aromatic N) is 1. The lowest BCUT2D eigenvalue weighted by atomic mass is 10.2. The number of carbonyl (C=O) groups excluding carboxylic acids is 1. The molecular weight excluding hydrogens is 306 g/mol. The lowest BCUT2D eigenvalue weighted by Gasteiger charge is -2.09. The molecule has 0 saturated heterocycles. The van der Waals surface area contributed by atoms with E-state index in [4.69, 9.17) is 14.2 Å². The van der Waals surface area contributed by atoms with Crippen molar-refractivity contribution in [3.8, 4) is 11.5 Å². The van der Waals surface area contributed by atoms with Gasteiger partial charge in [-0.1, -0.05) is 18.2 Å². The summed E-state index contributed by atoms with van der Waals surface area (Å²) in [5.41, 5.74) is 1.55. The fraction of sp³-hybridized carbons (Fsp3) is 0.211. The topological polar surface area (TPSA) is 49.7 Å². The highest BCUT2D eigenvalue weighted by atomic mass is 16.5. The molecule has 0 fully saturated rings. The Labute approximate surface area is 140 Å². The predicted molar refractivity (Wildman–Crippen MR) is 91.8 cm³/mol. The maximum Gasteiger partial charge on any atom is 0.340 e. The number of hydrogen-bond donors (Lipinski definition) is 0. The number of methoxy groups -OCH3 is 2. The van der Waals surface area contributed by atoms with E-state index >= 15 is 0 Å². The second kappa shape index (κ2) is 7.08. The van der Waals surface area contributed by atoms with Crippen LogP contribution in [0.5, 0.6) is 11.5 Å². The molecule has 0 spiro atoms. The van der Waals surface area contributed by atoms with Gasteiger partial charge in [-0.15, -0.1) is 0 Å². The Bertz CT molecular complexity index is 836. The van der Waals surface area contributed by atoms with Gasteiger partial charge in [0.15, 0.2) is 0 Å². The molecule has 0 aliphatic rings. The first-order valence-electron chi connectivity index (χ1n) is 7.66. The molecule has 1 heterocycles. The number of rotatable bonds is 6. The van der Waals surface area contributed by atoms with Gasteiger partial charge < -0.3 is 18.8 Å². The van der Waals surface area contributed by atoms with Crippen molar-refractivity contribution in [3.63, 3.8) is 0 Å². The lowest BCUT2D eigenvalue weighted by molar-refractivity contribution is 0.0602. The molecule has 0 N–H and O–H groups in total. The molecule has 5 nitrogen and oxygen atoms in total. The van der Waals surface area contributed by atoms with Crippen molar-refractivity contribution >= 4 is 16.9 Å². The Kier molecular flexibility index (Phi) is 4.70. The maximum atomic E-state index is 11.9. The van der Waals surface area contributed by atoms with Crippen LogP contribution < -0.4 is 9.47 Å². The first kappa shape index (κ1) is 15.9. The molecule has 3 rings (SSSR count). The fourth-order valence-corrected chi connectivity index (χ4v) is 2.64. The van der Waals surface area contributed by atoms with E-state index in [1.54, 1.807) is 7.11 Å². The molecule has 2 aromatic carbocycles. The minimum atomic E-state index is -0.332. The fourth-order valence-electron chi connectivity index (χ4n) is 2.64. The molecule has 0 amide bonds. The number of fused-ring (bicyclic) bond motifs is 1. The quantitative estimate of drug-likeness (QED) is 0.651. The van der Waals surface area contributed by atoms with Crippen LogP contribution in [0.3, 0.4) is 0 Å². The van der Waals surface area contributed by atoms with Crippen molar-refractivity contribution < 1.29 is 19.0 Å². The van der Waals surface area contributed by atoms with E-state index in [0.717, 1.165) is 22.4 Å². The van der Waals surface area contributed by atoms with Crippen molar-refractivity contribution in [2.45, 2.75) is 6.54 Å². The summed E-state index contributed by atoms with van der Waals surface area (Å²) in [5.74, 6) is 1.24. The standard InChI is InChI=1S/C19H19NO4/c1-22-14-7-9-15(10-8-14)24-12-11-20-13-17(19(21)23-2)16-5-3-4-6-18(16)20/h3-10,13H,11-12H2,1-2H3. The Morgan fingerprint density at radius 2 is 1.71 bits per heavy atom. The summed E-state index contributed by atoms with van der Waals surface area (Å²) in [6.45, 7) is 1.12. The summed E-state index contributed by atoms with van der Waals surface area (Å²) < 4.78 is 17.7. The zero-order valence-corrected chi connectivity index (χ0v) is 13.7. The number of aromatic nitrogens is 1. The summed E-state index contributed by atoms with van der Waals surface area (Å²) in [5, 5.41) is 0.883. The van der Waals surface area contributed by atoms with Gasteiger partial charge in [0.25, 0.3) is 0 Å². The number of benzene rings is 2. The number of para-hydroxylation sites is 1. The van der Waals surface area contributed by atoms with E-state index in [9.17, 15) is 4.79 Å². The first-order chi connectivity index (χ1) is 11.7. The third-order valence-electron chi connectivity index (χ3n) is 3.85. The molecule has 0 saturated carbocycles. The van der Waals surface area contributed by atoms with E-state index in [0.29, 0.717) is 18.7 Å². The molecular formula is C19H19NO4. The lowest BCUT2D eigenvalue weighted by Crippen LogP contribution is -2.07. The molecule has 124 valence electrons. The van der Waals surface area contributed by atoms with Gasteiger partial charge in [0.1, 0.15) is 18.1 Å². The monoisotopic (exact) mass is 325 g/mol. The highest BCUT2D eigenvalue weighted by Gasteiger charge is 2.14. The number of ether oxygens (including phenoxy) is 3. The van der Waals surface area contributed by atoms with Crippen LogP contribution in [0.15, 0.2) is 54.7 Å². The van der Waals surface area contributed by atoms with Crippen LogP contribution in [0.25, 0.3) is 10.9 Å². The Morgan fingerprint density at radius 1 is 1.00 bits per heavy atom. The smallest absolute Gasteiger partial charge is 0.340 e. The summed E-state index contributed by atoms with van der Waals surface area (Å²) in [7, 11) is 3.02. The Balaban J connectivity index is 1.74. The van der Waals surface area contributed by atoms with E-state index in [1.807, 2.05) is 59.3 Å². The van der Waals surface area contributed by atoms with Crippen molar-refractivity contribution in [2.24, 2.45) is 0 Å². The summed E-state index contributed by atoms with van der Waals surface area (Å²) in [6.07, 6.45) is 1.81. The third kappa shape index (κ3) is 3.20. The van der Waals surface area contributed by atoms with E-state index in [2.05, 4.69) is 0 Å². The molecule has 0 unspecified atom stereocenters. The average molecular weight is 325 g/mol. The molecule has 0 aliphatic carbocycles. The van der Waals surface area contributed by atoms with Gasteiger partial charge in [-0.2, -0.15) is 0 Å². The molecule has 1 aromatic heterocycles. The van der Waals surface area contributed by atoms with E-state index in [-0.39, 0.29) is 5.97 Å². The van der Waals surface area contributed by atoms with Crippen LogP contribution in [-0.4, -0.2) is 31.4 Å². The van der Waals surface area contributed by atoms with Crippen molar-refractivity contribution in [1.82, 2.24) is 4.57 Å². The number of hydrogen-bond acceptors (Lipinski definition) is 4. The minimum absolute atomic E-state index is 0.332. The third-order valence-corrected chi connectivity index (χ3v) is 3.85. The van der Waals surface area contributed by atoms with Crippen molar-refractivity contribution in [3.05, 3.63) is 60.3 Å². The largest absolute Gasteiger partial charge is 0.497 e. The SMILES string of the molecule is COC(=O)c1cn(CCOc2ccc(OC)cc2)c2ccccc12. The summed E-state index contributed by atoms with van der Waals surface area (Å²) in [4.78, 5) is 11.9. The first-order valence-corrected chi connectivity index (χ1v) is 7.66. The maximum absolute atomic E-state index is 11.9. The van der Waals surface area contributed by atoms with Gasteiger partial charge in [0, 0.05) is 17.1 Å². The van der Waals surface area contributed by atoms with E-state index in [1.165, 1.54) is 7.11 Å². The van der Waals surface area contributed by atoms with Crippen LogP contribution in [0, 0.1) is 0 Å². The van der Waals surface area contributed by atoms with Crippen LogP contribution in [0.4, 0.5) is 0 Å². The number of carbonyl (C=O) groups is 1. The Hall–Kier alpha value is -2.95.